The van der Waals surface area contributed by atoms with Crippen LogP contribution in [0.3, 0.4) is 0 Å². The first-order valence-electron chi connectivity index (χ1n) is 16.8. The molecule has 0 saturated carbocycles. The lowest BCUT2D eigenvalue weighted by atomic mass is 9.95. The highest BCUT2D eigenvalue weighted by Crippen LogP contribution is 2.18. The predicted octanol–water partition coefficient (Wildman–Crippen LogP) is -0.982. The molecule has 0 bridgehead atoms. The van der Waals surface area contributed by atoms with E-state index in [1.807, 2.05) is 0 Å². The van der Waals surface area contributed by atoms with Gasteiger partial charge in [0.05, 0.1) is 63.6 Å². The number of amides is 6. The number of hydrogen-bond donors (Lipinski definition) is 7. The minimum absolute atomic E-state index is 0.0234. The summed E-state index contributed by atoms with van der Waals surface area (Å²) in [6.45, 7) is 9.85. The Kier molecular flexibility index (Phi) is 22.2. The highest BCUT2D eigenvalue weighted by Gasteiger charge is 2.34. The topological polar surface area (TPSA) is 237 Å². The number of primary amides is 1. The molecule has 6 amide bonds. The van der Waals surface area contributed by atoms with Crippen LogP contribution < -0.4 is 27.0 Å². The molecule has 50 heavy (non-hydrogen) atoms. The standard InChI is InChI=1S/C32H56N6O11S/c1-22(2)28(30(44)36-23(29(43)32(3,4)50)6-5-11-35-31(33)45)37-25(40)10-14-46-16-18-48-20-21-49-19-17-47-15-12-34-24(39)9-13-38-26(41)7-8-27(38)42/h7-8,22-23,26,28,41,50H,5-6,9-21H2,1-4H3,(H,34,39)(H,36,44)(H,37,40)(H3,33,35,45)/t23-,26?,28-/m0/s1. The van der Waals surface area contributed by atoms with Crippen LogP contribution in [0, 0.1) is 5.92 Å². The number of carbonyl (C=O) groups excluding carboxylic acids is 6. The lowest BCUT2D eigenvalue weighted by molar-refractivity contribution is -0.133. The van der Waals surface area contributed by atoms with Gasteiger partial charge in [0.25, 0.3) is 0 Å². The number of rotatable bonds is 28. The molecule has 0 fully saturated rings. The van der Waals surface area contributed by atoms with E-state index in [4.69, 9.17) is 24.7 Å². The molecule has 17 nitrogen and oxygen atoms in total. The van der Waals surface area contributed by atoms with Gasteiger partial charge in [-0.15, -0.1) is 0 Å². The molecular weight excluding hydrogens is 676 g/mol. The van der Waals surface area contributed by atoms with E-state index in [9.17, 15) is 33.9 Å². The van der Waals surface area contributed by atoms with Crippen molar-refractivity contribution in [2.75, 3.05) is 72.5 Å². The van der Waals surface area contributed by atoms with Crippen molar-refractivity contribution in [2.45, 2.75) is 76.4 Å². The molecule has 18 heteroatoms. The first kappa shape index (κ1) is 44.7. The number of aliphatic hydroxyl groups excluding tert-OH is 1. The minimum atomic E-state index is -1.01. The van der Waals surface area contributed by atoms with Crippen molar-refractivity contribution >= 4 is 48.1 Å². The van der Waals surface area contributed by atoms with Crippen LogP contribution in [0.25, 0.3) is 0 Å². The van der Waals surface area contributed by atoms with Gasteiger partial charge in [-0.1, -0.05) is 13.8 Å². The molecule has 3 atom stereocenters. The van der Waals surface area contributed by atoms with Gasteiger partial charge in [-0.3, -0.25) is 24.0 Å². The van der Waals surface area contributed by atoms with Gasteiger partial charge in [-0.05, 0) is 38.7 Å². The van der Waals surface area contributed by atoms with Crippen LogP contribution in [0.4, 0.5) is 4.79 Å². The molecule has 0 spiro atoms. The fraction of sp³-hybridized carbons (Fsp3) is 0.750. The van der Waals surface area contributed by atoms with Crippen LogP contribution in [0.1, 0.15) is 53.4 Å². The maximum absolute atomic E-state index is 13.1. The number of ketones is 1. The van der Waals surface area contributed by atoms with E-state index in [1.54, 1.807) is 27.7 Å². The normalized spacial score (nSPS) is 15.5. The molecule has 0 radical (unpaired) electrons. The molecule has 286 valence electrons. The molecule has 0 aromatic rings. The predicted molar refractivity (Wildman–Crippen MR) is 186 cm³/mol. The summed E-state index contributed by atoms with van der Waals surface area (Å²) in [5.41, 5.74) is 5.08. The van der Waals surface area contributed by atoms with Gasteiger partial charge in [0, 0.05) is 38.6 Å². The Morgan fingerprint density at radius 1 is 0.880 bits per heavy atom. The molecule has 7 N–H and O–H groups in total. The van der Waals surface area contributed by atoms with Crippen molar-refractivity contribution < 1.29 is 52.8 Å². The molecule has 0 aromatic heterocycles. The zero-order valence-corrected chi connectivity index (χ0v) is 30.5. The average Bonchev–Trinajstić information content (AvgIpc) is 3.36. The molecule has 0 aliphatic carbocycles. The number of nitrogens with one attached hydrogen (secondary N) is 4. The third-order valence-electron chi connectivity index (χ3n) is 7.22. The van der Waals surface area contributed by atoms with Crippen LogP contribution in [0.15, 0.2) is 12.2 Å². The zero-order valence-electron chi connectivity index (χ0n) is 29.6. The highest BCUT2D eigenvalue weighted by molar-refractivity contribution is 7.82. The number of thiol groups is 1. The van der Waals surface area contributed by atoms with Crippen LogP contribution >= 0.6 is 12.6 Å². The third kappa shape index (κ3) is 19.8. The van der Waals surface area contributed by atoms with E-state index in [0.29, 0.717) is 52.6 Å². The largest absolute Gasteiger partial charge is 0.379 e. The fourth-order valence-electron chi connectivity index (χ4n) is 4.50. The monoisotopic (exact) mass is 732 g/mol. The Hall–Kier alpha value is -3.29. The Morgan fingerprint density at radius 3 is 1.98 bits per heavy atom. The second-order valence-corrected chi connectivity index (χ2v) is 13.4. The second-order valence-electron chi connectivity index (χ2n) is 12.3. The quantitative estimate of drug-likeness (QED) is 0.0381. The maximum Gasteiger partial charge on any atom is 0.312 e. The SMILES string of the molecule is CC(C)[C@H](NC(=O)CCOCCOCCOCCOCCNC(=O)CCN1C(=O)C=CC1O)C(=O)N[C@@H](CCCNC(N)=O)C(=O)C(C)(C)S. The summed E-state index contributed by atoms with van der Waals surface area (Å²) in [4.78, 5) is 74.1. The molecule has 1 unspecified atom stereocenters. The van der Waals surface area contributed by atoms with Crippen LogP contribution in [0.2, 0.25) is 0 Å². The number of Topliss-reactive ketones (excluding diaryl/α,β-unsaturated/α-hetero) is 1. The van der Waals surface area contributed by atoms with E-state index in [0.717, 1.165) is 0 Å². The molecule has 0 aromatic carbocycles. The van der Waals surface area contributed by atoms with Gasteiger partial charge < -0.3 is 56.0 Å². The summed E-state index contributed by atoms with van der Waals surface area (Å²) < 4.78 is 20.7. The molecular formula is C32H56N6O11S. The zero-order chi connectivity index (χ0) is 37.5. The smallest absolute Gasteiger partial charge is 0.312 e. The molecule has 1 aliphatic rings. The van der Waals surface area contributed by atoms with Crippen molar-refractivity contribution in [3.8, 4) is 0 Å². The number of carbonyl (C=O) groups is 6. The van der Waals surface area contributed by atoms with Crippen LogP contribution in [-0.2, 0) is 42.9 Å². The number of nitrogens with two attached hydrogens (primary N) is 1. The molecule has 1 aliphatic heterocycles. The molecule has 1 rings (SSSR count). The van der Waals surface area contributed by atoms with Gasteiger partial charge in [0.1, 0.15) is 12.3 Å². The summed E-state index contributed by atoms with van der Waals surface area (Å²) in [6, 6.07) is -2.42. The number of urea groups is 1. The Morgan fingerprint density at radius 2 is 1.46 bits per heavy atom. The summed E-state index contributed by atoms with van der Waals surface area (Å²) in [6.07, 6.45) is 2.41. The summed E-state index contributed by atoms with van der Waals surface area (Å²) in [5.74, 6) is -1.99. The highest BCUT2D eigenvalue weighted by atomic mass is 32.1. The van der Waals surface area contributed by atoms with Crippen molar-refractivity contribution in [3.63, 3.8) is 0 Å². The van der Waals surface area contributed by atoms with Crippen molar-refractivity contribution in [2.24, 2.45) is 11.7 Å². The van der Waals surface area contributed by atoms with Crippen molar-refractivity contribution in [3.05, 3.63) is 12.2 Å². The van der Waals surface area contributed by atoms with Gasteiger partial charge in [-0.2, -0.15) is 12.6 Å². The third-order valence-corrected chi connectivity index (χ3v) is 7.44. The second kappa shape index (κ2) is 24.8. The van der Waals surface area contributed by atoms with Crippen molar-refractivity contribution in [1.82, 2.24) is 26.2 Å². The van der Waals surface area contributed by atoms with Gasteiger partial charge >= 0.3 is 6.03 Å². The Labute approximate surface area is 299 Å². The number of aliphatic hydroxyl groups is 1. The van der Waals surface area contributed by atoms with E-state index in [1.165, 1.54) is 17.1 Å². The summed E-state index contributed by atoms with van der Waals surface area (Å²) >= 11 is 4.34. The van der Waals surface area contributed by atoms with E-state index >= 15 is 0 Å². The average molecular weight is 733 g/mol. The lowest BCUT2D eigenvalue weighted by Crippen LogP contribution is -2.55. The number of hydrogen-bond acceptors (Lipinski definition) is 12. The molecule has 1 heterocycles. The summed E-state index contributed by atoms with van der Waals surface area (Å²) in [5, 5.41) is 20.2. The van der Waals surface area contributed by atoms with Crippen LogP contribution in [0.5, 0.6) is 0 Å². The minimum Gasteiger partial charge on any atom is -0.379 e. The Balaban J connectivity index is 2.13. The van der Waals surface area contributed by atoms with Gasteiger partial charge in [0.15, 0.2) is 5.78 Å². The Bertz CT molecular complexity index is 1120. The van der Waals surface area contributed by atoms with Gasteiger partial charge in [0.2, 0.25) is 23.6 Å². The van der Waals surface area contributed by atoms with E-state index < -0.39 is 35.0 Å². The number of nitrogens with zero attached hydrogens (tertiary/aromatic N) is 1. The first-order valence-corrected chi connectivity index (χ1v) is 17.2. The van der Waals surface area contributed by atoms with E-state index in [-0.39, 0.29) is 75.0 Å². The first-order chi connectivity index (χ1) is 23.6. The van der Waals surface area contributed by atoms with Crippen molar-refractivity contribution in [1.29, 1.82) is 0 Å². The molecule has 0 saturated heterocycles. The lowest BCUT2D eigenvalue weighted by Gasteiger charge is -2.28. The summed E-state index contributed by atoms with van der Waals surface area (Å²) in [7, 11) is 0. The maximum atomic E-state index is 13.1. The van der Waals surface area contributed by atoms with Crippen LogP contribution in [-0.4, -0.2) is 141 Å². The fourth-order valence-corrected chi connectivity index (χ4v) is 4.65. The van der Waals surface area contributed by atoms with E-state index in [2.05, 4.69) is 33.9 Å². The van der Waals surface area contributed by atoms with Gasteiger partial charge in [-0.25, -0.2) is 4.79 Å². The number of ether oxygens (including phenoxy) is 4.